The second-order valence-corrected chi connectivity index (χ2v) is 7.99. The van der Waals surface area contributed by atoms with Crippen molar-refractivity contribution >= 4 is 12.3 Å². The zero-order valence-corrected chi connectivity index (χ0v) is 18.1. The van der Waals surface area contributed by atoms with Gasteiger partial charge in [-0.2, -0.15) is 0 Å². The first-order valence-corrected chi connectivity index (χ1v) is 10.0. The minimum absolute atomic E-state index is 0.266. The third-order valence-electron chi connectivity index (χ3n) is 4.01. The molecular formula is C24H34N2O3. The van der Waals surface area contributed by atoms with Crippen molar-refractivity contribution in [1.82, 2.24) is 5.01 Å². The minimum atomic E-state index is -0.429. The Morgan fingerprint density at radius 3 is 1.90 bits per heavy atom. The number of aryl methyl sites for hydroxylation is 1. The van der Waals surface area contributed by atoms with E-state index in [1.165, 1.54) is 19.3 Å². The lowest BCUT2D eigenvalue weighted by Crippen LogP contribution is -2.35. The van der Waals surface area contributed by atoms with Crippen molar-refractivity contribution in [2.24, 2.45) is 5.84 Å². The molecule has 1 fully saturated rings. The first kappa shape index (κ1) is 24.5. The van der Waals surface area contributed by atoms with Crippen LogP contribution in [0.2, 0.25) is 0 Å². The van der Waals surface area contributed by atoms with Gasteiger partial charge in [0.2, 0.25) is 0 Å². The number of benzene rings is 2. The average molecular weight is 399 g/mol. The number of carbonyl (C=O) groups excluding carboxylic acids is 2. The van der Waals surface area contributed by atoms with E-state index in [4.69, 9.17) is 10.6 Å². The maximum absolute atomic E-state index is 11.5. The Balaban J connectivity index is 0.000000237. The molecule has 5 heteroatoms. The Kier molecular flexibility index (Phi) is 10.9. The fourth-order valence-electron chi connectivity index (χ4n) is 2.48. The van der Waals surface area contributed by atoms with Crippen LogP contribution < -0.4 is 5.84 Å². The van der Waals surface area contributed by atoms with Gasteiger partial charge in [-0.3, -0.25) is 10.6 Å². The lowest BCUT2D eigenvalue weighted by Gasteiger charge is -2.20. The number of ether oxygens (including phenoxy) is 1. The Labute approximate surface area is 174 Å². The number of aldehydes is 1. The molecule has 5 nitrogen and oxygen atoms in total. The lowest BCUT2D eigenvalue weighted by atomic mass is 10.1. The molecule has 0 unspecified atom stereocenters. The number of hydrogen-bond acceptors (Lipinski definition) is 5. The number of esters is 1. The number of nitrogens with zero attached hydrogens (tertiary/aromatic N) is 1. The highest BCUT2D eigenvalue weighted by molar-refractivity contribution is 5.89. The average Bonchev–Trinajstić information content (AvgIpc) is 2.69. The zero-order chi connectivity index (χ0) is 21.7. The number of hydrazine groups is 1. The molecule has 0 atom stereocenters. The van der Waals surface area contributed by atoms with Gasteiger partial charge >= 0.3 is 5.97 Å². The van der Waals surface area contributed by atoms with Gasteiger partial charge in [0.25, 0.3) is 0 Å². The maximum Gasteiger partial charge on any atom is 0.338 e. The Morgan fingerprint density at radius 1 is 0.966 bits per heavy atom. The van der Waals surface area contributed by atoms with Gasteiger partial charge in [-0.15, -0.1) is 0 Å². The lowest BCUT2D eigenvalue weighted by molar-refractivity contribution is 0.00694. The van der Waals surface area contributed by atoms with E-state index in [9.17, 15) is 9.59 Å². The van der Waals surface area contributed by atoms with Crippen LogP contribution in [0.4, 0.5) is 0 Å². The first-order valence-electron chi connectivity index (χ1n) is 10.0. The third kappa shape index (κ3) is 11.8. The molecule has 0 spiro atoms. The van der Waals surface area contributed by atoms with Crippen molar-refractivity contribution in [1.29, 1.82) is 0 Å². The molecule has 1 saturated heterocycles. The quantitative estimate of drug-likeness (QED) is 0.447. The van der Waals surface area contributed by atoms with Crippen molar-refractivity contribution in [2.75, 3.05) is 13.1 Å². The van der Waals surface area contributed by atoms with Gasteiger partial charge in [0.05, 0.1) is 5.56 Å². The van der Waals surface area contributed by atoms with Crippen LogP contribution in [-0.2, 0) is 4.74 Å². The van der Waals surface area contributed by atoms with E-state index >= 15 is 0 Å². The molecule has 2 N–H and O–H groups in total. The monoisotopic (exact) mass is 398 g/mol. The van der Waals surface area contributed by atoms with Crippen LogP contribution >= 0.6 is 0 Å². The summed E-state index contributed by atoms with van der Waals surface area (Å²) in [5.74, 6) is 5.20. The molecule has 2 aromatic carbocycles. The van der Waals surface area contributed by atoms with Crippen LogP contribution in [0.15, 0.2) is 54.6 Å². The van der Waals surface area contributed by atoms with E-state index in [1.54, 1.807) is 24.3 Å². The normalized spacial score (nSPS) is 13.8. The van der Waals surface area contributed by atoms with E-state index in [1.807, 2.05) is 63.0 Å². The smallest absolute Gasteiger partial charge is 0.338 e. The van der Waals surface area contributed by atoms with Crippen LogP contribution in [-0.4, -0.2) is 36.0 Å². The van der Waals surface area contributed by atoms with Gasteiger partial charge in [-0.25, -0.2) is 9.80 Å². The number of rotatable bonds is 2. The molecule has 1 heterocycles. The number of nitrogens with two attached hydrogens (primary N) is 1. The van der Waals surface area contributed by atoms with Crippen LogP contribution in [0.5, 0.6) is 0 Å². The molecule has 1 aliphatic heterocycles. The molecule has 0 saturated carbocycles. The summed E-state index contributed by atoms with van der Waals surface area (Å²) in [5.41, 5.74) is 2.04. The minimum Gasteiger partial charge on any atom is -0.456 e. The summed E-state index contributed by atoms with van der Waals surface area (Å²) in [6.07, 6.45) is 4.78. The van der Waals surface area contributed by atoms with E-state index in [0.29, 0.717) is 5.56 Å². The van der Waals surface area contributed by atoms with Crippen LogP contribution in [0, 0.1) is 6.92 Å². The molecule has 1 aliphatic rings. The second kappa shape index (κ2) is 12.9. The summed E-state index contributed by atoms with van der Waals surface area (Å²) >= 11 is 0. The van der Waals surface area contributed by atoms with Crippen molar-refractivity contribution in [3.8, 4) is 0 Å². The summed E-state index contributed by atoms with van der Waals surface area (Å²) in [6.45, 7) is 9.76. The molecule has 0 radical (unpaired) electrons. The summed E-state index contributed by atoms with van der Waals surface area (Å²) in [6, 6.07) is 16.5. The van der Waals surface area contributed by atoms with Gasteiger partial charge in [-0.05, 0) is 52.7 Å². The zero-order valence-electron chi connectivity index (χ0n) is 18.1. The van der Waals surface area contributed by atoms with Crippen LogP contribution in [0.1, 0.15) is 66.3 Å². The topological polar surface area (TPSA) is 72.6 Å². The van der Waals surface area contributed by atoms with E-state index in [0.717, 1.165) is 30.5 Å². The number of carbonyl (C=O) groups is 2. The molecule has 0 bridgehead atoms. The Morgan fingerprint density at radius 2 is 1.52 bits per heavy atom. The van der Waals surface area contributed by atoms with Crippen molar-refractivity contribution < 1.29 is 14.3 Å². The first-order chi connectivity index (χ1) is 13.7. The Hall–Kier alpha value is -2.50. The van der Waals surface area contributed by atoms with Gasteiger partial charge in [0.15, 0.2) is 0 Å². The summed E-state index contributed by atoms with van der Waals surface area (Å²) in [5, 5.41) is 1.89. The molecule has 0 aromatic heterocycles. The largest absolute Gasteiger partial charge is 0.456 e. The Bertz CT molecular complexity index is 716. The predicted octanol–water partition coefficient (Wildman–Crippen LogP) is 4.80. The molecule has 29 heavy (non-hydrogen) atoms. The summed E-state index contributed by atoms with van der Waals surface area (Å²) in [4.78, 5) is 21.6. The highest BCUT2D eigenvalue weighted by Crippen LogP contribution is 2.12. The van der Waals surface area contributed by atoms with Gasteiger partial charge in [0.1, 0.15) is 11.9 Å². The maximum atomic E-state index is 11.5. The predicted molar refractivity (Wildman–Crippen MR) is 118 cm³/mol. The van der Waals surface area contributed by atoms with E-state index in [2.05, 4.69) is 0 Å². The van der Waals surface area contributed by atoms with Crippen molar-refractivity contribution in [3.63, 3.8) is 0 Å². The van der Waals surface area contributed by atoms with Gasteiger partial charge in [-0.1, -0.05) is 54.4 Å². The van der Waals surface area contributed by atoms with Gasteiger partial charge < -0.3 is 4.74 Å². The van der Waals surface area contributed by atoms with Crippen molar-refractivity contribution in [3.05, 3.63) is 71.3 Å². The molecule has 158 valence electrons. The second-order valence-electron chi connectivity index (χ2n) is 7.99. The number of hydrogen-bond donors (Lipinski definition) is 1. The van der Waals surface area contributed by atoms with E-state index < -0.39 is 5.60 Å². The molecule has 0 aliphatic carbocycles. The molecular weight excluding hydrogens is 364 g/mol. The summed E-state index contributed by atoms with van der Waals surface area (Å²) in [7, 11) is 0. The van der Waals surface area contributed by atoms with Crippen LogP contribution in [0.3, 0.4) is 0 Å². The summed E-state index contributed by atoms with van der Waals surface area (Å²) < 4.78 is 5.22. The number of piperidine rings is 1. The molecule has 0 amide bonds. The third-order valence-corrected chi connectivity index (χ3v) is 4.01. The SMILES string of the molecule is Cc1ccc(C(=O)OC(C)(C)C)cc1.NN1CCCCC1.O=Cc1ccccc1. The molecule has 3 rings (SSSR count). The standard InChI is InChI=1S/C12H16O2.C7H6O.C5H12N2/c1-9-5-7-10(8-6-9)11(13)14-12(2,3)4;8-6-7-4-2-1-3-5-7;6-7-4-2-1-3-5-7/h5-8H,1-4H3;1-6H;1-6H2. The van der Waals surface area contributed by atoms with Crippen LogP contribution in [0.25, 0.3) is 0 Å². The van der Waals surface area contributed by atoms with Crippen molar-refractivity contribution in [2.45, 2.75) is 52.6 Å². The van der Waals surface area contributed by atoms with Gasteiger partial charge in [0, 0.05) is 18.7 Å². The molecule has 2 aromatic rings. The van der Waals surface area contributed by atoms with E-state index in [-0.39, 0.29) is 5.97 Å². The fourth-order valence-corrected chi connectivity index (χ4v) is 2.48. The fraction of sp³-hybridized carbons (Fsp3) is 0.417. The highest BCUT2D eigenvalue weighted by Gasteiger charge is 2.17. The highest BCUT2D eigenvalue weighted by atomic mass is 16.6.